The van der Waals surface area contributed by atoms with Crippen LogP contribution >= 0.6 is 11.3 Å². The van der Waals surface area contributed by atoms with Crippen LogP contribution in [0.5, 0.6) is 0 Å². The lowest BCUT2D eigenvalue weighted by molar-refractivity contribution is 0.0660. The van der Waals surface area contributed by atoms with Crippen molar-refractivity contribution in [2.45, 2.75) is 38.7 Å². The number of thiophene rings is 1. The van der Waals surface area contributed by atoms with Gasteiger partial charge < -0.3 is 0 Å². The number of hydrogen-bond donors (Lipinski definition) is 1. The van der Waals surface area contributed by atoms with E-state index < -0.39 is 0 Å². The number of rotatable bonds is 2. The first-order valence-corrected chi connectivity index (χ1v) is 5.65. The largest absolute Gasteiger partial charge is 0.297 e. The van der Waals surface area contributed by atoms with Crippen molar-refractivity contribution >= 4 is 11.3 Å². The summed E-state index contributed by atoms with van der Waals surface area (Å²) in [6, 6.07) is 0. The van der Waals surface area contributed by atoms with Crippen LogP contribution in [-0.4, -0.2) is 0 Å². The fourth-order valence-electron chi connectivity index (χ4n) is 1.93. The monoisotopic (exact) mass is 197 g/mol. The van der Waals surface area contributed by atoms with Gasteiger partial charge in [-0.15, -0.1) is 11.3 Å². The molecule has 2 nitrogen and oxygen atoms in total. The van der Waals surface area contributed by atoms with Gasteiger partial charge in [0.05, 0.1) is 0 Å². The molecule has 0 amide bonds. The zero-order chi connectivity index (χ0) is 9.26. The van der Waals surface area contributed by atoms with E-state index in [-0.39, 0.29) is 6.10 Å². The van der Waals surface area contributed by atoms with Crippen LogP contribution in [0, 0.1) is 0 Å². The number of aryl methyl sites for hydroxylation is 1. The highest BCUT2D eigenvalue weighted by Gasteiger charge is 2.18. The van der Waals surface area contributed by atoms with Crippen LogP contribution in [0.2, 0.25) is 0 Å². The first-order chi connectivity index (χ1) is 6.33. The molecule has 0 fully saturated rings. The van der Waals surface area contributed by atoms with E-state index in [1.165, 1.54) is 36.8 Å². The van der Waals surface area contributed by atoms with Crippen LogP contribution in [-0.2, 0) is 17.7 Å². The van der Waals surface area contributed by atoms with Gasteiger partial charge in [-0.2, -0.15) is 0 Å². The Kier molecular flexibility index (Phi) is 2.67. The second-order valence-corrected chi connectivity index (χ2v) is 4.54. The Hall–Kier alpha value is -0.380. The minimum atomic E-state index is 0.0538. The quantitative estimate of drug-likeness (QED) is 0.740. The maximum atomic E-state index is 5.20. The Morgan fingerprint density at radius 1 is 1.46 bits per heavy atom. The van der Waals surface area contributed by atoms with Crippen molar-refractivity contribution in [3.8, 4) is 0 Å². The number of fused-ring (bicyclic) bond motifs is 1. The third-order valence-corrected chi connectivity index (χ3v) is 3.84. The van der Waals surface area contributed by atoms with E-state index in [0.717, 1.165) is 0 Å². The summed E-state index contributed by atoms with van der Waals surface area (Å²) in [6.07, 6.45) is 5.16. The SMILES string of the molecule is CC(ON)c1csc2c1CCCC2. The molecular weight excluding hydrogens is 182 g/mol. The lowest BCUT2D eigenvalue weighted by Gasteiger charge is -2.15. The zero-order valence-corrected chi connectivity index (χ0v) is 8.69. The molecule has 1 aromatic rings. The molecule has 1 atom stereocenters. The average molecular weight is 197 g/mol. The van der Waals surface area contributed by atoms with Crippen LogP contribution < -0.4 is 5.90 Å². The van der Waals surface area contributed by atoms with Gasteiger partial charge in [-0.05, 0) is 49.1 Å². The van der Waals surface area contributed by atoms with Crippen molar-refractivity contribution in [1.82, 2.24) is 0 Å². The van der Waals surface area contributed by atoms with Crippen LogP contribution in [0.25, 0.3) is 0 Å². The van der Waals surface area contributed by atoms with Crippen LogP contribution in [0.15, 0.2) is 5.38 Å². The molecule has 1 aliphatic rings. The minimum absolute atomic E-state index is 0.0538. The minimum Gasteiger partial charge on any atom is -0.297 e. The summed E-state index contributed by atoms with van der Waals surface area (Å²) in [7, 11) is 0. The first-order valence-electron chi connectivity index (χ1n) is 4.77. The summed E-state index contributed by atoms with van der Waals surface area (Å²) in [6.45, 7) is 2.01. The highest BCUT2D eigenvalue weighted by atomic mass is 32.1. The molecule has 2 N–H and O–H groups in total. The maximum absolute atomic E-state index is 5.20. The Morgan fingerprint density at radius 3 is 3.00 bits per heavy atom. The Morgan fingerprint density at radius 2 is 2.23 bits per heavy atom. The summed E-state index contributed by atoms with van der Waals surface area (Å²) in [5, 5.41) is 2.20. The lowest BCUT2D eigenvalue weighted by atomic mass is 9.94. The smallest absolute Gasteiger partial charge is 0.102 e. The van der Waals surface area contributed by atoms with E-state index in [9.17, 15) is 0 Å². The van der Waals surface area contributed by atoms with Gasteiger partial charge in [-0.3, -0.25) is 4.84 Å². The van der Waals surface area contributed by atoms with Crippen molar-refractivity contribution in [3.05, 3.63) is 21.4 Å². The van der Waals surface area contributed by atoms with E-state index in [1.807, 2.05) is 18.3 Å². The van der Waals surface area contributed by atoms with E-state index >= 15 is 0 Å². The molecule has 2 rings (SSSR count). The topological polar surface area (TPSA) is 35.2 Å². The van der Waals surface area contributed by atoms with Crippen molar-refractivity contribution in [3.63, 3.8) is 0 Å². The average Bonchev–Trinajstić information content (AvgIpc) is 2.60. The molecule has 1 heterocycles. The molecule has 1 aromatic heterocycles. The summed E-state index contributed by atoms with van der Waals surface area (Å²) in [5.41, 5.74) is 2.82. The zero-order valence-electron chi connectivity index (χ0n) is 7.88. The van der Waals surface area contributed by atoms with Gasteiger partial charge in [0, 0.05) is 4.88 Å². The number of nitrogens with two attached hydrogens (primary N) is 1. The Balaban J connectivity index is 2.31. The van der Waals surface area contributed by atoms with Gasteiger partial charge in [0.25, 0.3) is 0 Å². The van der Waals surface area contributed by atoms with Gasteiger partial charge in [0.1, 0.15) is 6.10 Å². The standard InChI is InChI=1S/C10H15NOS/c1-7(12-11)9-6-13-10-5-3-2-4-8(9)10/h6-7H,2-5,11H2,1H3. The van der Waals surface area contributed by atoms with Crippen molar-refractivity contribution in [2.75, 3.05) is 0 Å². The number of hydrogen-bond acceptors (Lipinski definition) is 3. The predicted octanol–water partition coefficient (Wildman–Crippen LogP) is 2.58. The summed E-state index contributed by atoms with van der Waals surface area (Å²) >= 11 is 1.86. The molecule has 0 spiro atoms. The second-order valence-electron chi connectivity index (χ2n) is 3.58. The first kappa shape index (κ1) is 9.19. The fourth-order valence-corrected chi connectivity index (χ4v) is 3.16. The Labute approximate surface area is 82.7 Å². The summed E-state index contributed by atoms with van der Waals surface area (Å²) in [4.78, 5) is 6.41. The normalized spacial score (nSPS) is 18.3. The van der Waals surface area contributed by atoms with E-state index in [1.54, 1.807) is 4.88 Å². The van der Waals surface area contributed by atoms with Crippen LogP contribution in [0.4, 0.5) is 0 Å². The van der Waals surface area contributed by atoms with Crippen LogP contribution in [0.1, 0.15) is 41.9 Å². The van der Waals surface area contributed by atoms with E-state index in [0.29, 0.717) is 0 Å². The van der Waals surface area contributed by atoms with Gasteiger partial charge in [0.2, 0.25) is 0 Å². The maximum Gasteiger partial charge on any atom is 0.102 e. The molecule has 0 aliphatic heterocycles. The summed E-state index contributed by atoms with van der Waals surface area (Å²) < 4.78 is 0. The third-order valence-electron chi connectivity index (χ3n) is 2.74. The predicted molar refractivity (Wildman–Crippen MR) is 54.6 cm³/mol. The van der Waals surface area contributed by atoms with Gasteiger partial charge >= 0.3 is 0 Å². The molecule has 0 saturated heterocycles. The molecule has 0 radical (unpaired) electrons. The summed E-state index contributed by atoms with van der Waals surface area (Å²) in [5.74, 6) is 5.20. The molecule has 0 aromatic carbocycles. The van der Waals surface area contributed by atoms with E-state index in [2.05, 4.69) is 5.38 Å². The van der Waals surface area contributed by atoms with Gasteiger partial charge in [-0.1, -0.05) is 0 Å². The molecule has 1 aliphatic carbocycles. The molecule has 1 unspecified atom stereocenters. The highest BCUT2D eigenvalue weighted by Crippen LogP contribution is 2.34. The molecular formula is C10H15NOS. The molecule has 0 bridgehead atoms. The van der Waals surface area contributed by atoms with Gasteiger partial charge in [0.15, 0.2) is 0 Å². The highest BCUT2D eigenvalue weighted by molar-refractivity contribution is 7.10. The fraction of sp³-hybridized carbons (Fsp3) is 0.600. The molecule has 3 heteroatoms. The second kappa shape index (κ2) is 3.78. The molecule has 72 valence electrons. The lowest BCUT2D eigenvalue weighted by Crippen LogP contribution is -2.08. The Bertz CT molecular complexity index is 295. The third kappa shape index (κ3) is 1.64. The molecule has 0 saturated carbocycles. The van der Waals surface area contributed by atoms with Crippen molar-refractivity contribution in [1.29, 1.82) is 0 Å². The molecule has 13 heavy (non-hydrogen) atoms. The van der Waals surface area contributed by atoms with Crippen molar-refractivity contribution < 1.29 is 4.84 Å². The van der Waals surface area contributed by atoms with E-state index in [4.69, 9.17) is 10.7 Å². The van der Waals surface area contributed by atoms with Crippen molar-refractivity contribution in [2.24, 2.45) is 5.90 Å². The van der Waals surface area contributed by atoms with Crippen LogP contribution in [0.3, 0.4) is 0 Å². The van der Waals surface area contributed by atoms with Gasteiger partial charge in [-0.25, -0.2) is 5.90 Å².